The second-order valence-electron chi connectivity index (χ2n) is 6.56. The Kier molecular flexibility index (Phi) is 5.05. The molecule has 3 unspecified atom stereocenters. The molecule has 1 N–H and O–H groups in total. The zero-order chi connectivity index (χ0) is 13.8. The van der Waals surface area contributed by atoms with Crippen LogP contribution in [-0.4, -0.2) is 23.8 Å². The van der Waals surface area contributed by atoms with Crippen LogP contribution in [0.1, 0.15) is 67.3 Å². The summed E-state index contributed by atoms with van der Waals surface area (Å²) < 4.78 is 0. The van der Waals surface area contributed by atoms with E-state index in [4.69, 9.17) is 0 Å². The average molecular weight is 293 g/mol. The summed E-state index contributed by atoms with van der Waals surface area (Å²) in [4.78, 5) is 0. The van der Waals surface area contributed by atoms with Crippen molar-refractivity contribution in [1.29, 1.82) is 0 Å². The molecule has 0 aliphatic heterocycles. The van der Waals surface area contributed by atoms with Gasteiger partial charge in [0.1, 0.15) is 10.0 Å². The van der Waals surface area contributed by atoms with Gasteiger partial charge in [-0.2, -0.15) is 0 Å². The third-order valence-electron chi connectivity index (χ3n) is 5.19. The maximum atomic E-state index is 4.50. The van der Waals surface area contributed by atoms with Crippen LogP contribution in [0.2, 0.25) is 0 Å². The molecule has 3 nitrogen and oxygen atoms in total. The second-order valence-corrected chi connectivity index (χ2v) is 7.65. The van der Waals surface area contributed by atoms with E-state index in [1.165, 1.54) is 61.4 Å². The van der Waals surface area contributed by atoms with Gasteiger partial charge < -0.3 is 5.32 Å². The minimum Gasteiger partial charge on any atom is -0.320 e. The summed E-state index contributed by atoms with van der Waals surface area (Å²) in [5.74, 6) is 2.73. The fourth-order valence-corrected chi connectivity index (χ4v) is 5.08. The molecule has 0 saturated heterocycles. The maximum Gasteiger partial charge on any atom is 0.120 e. The van der Waals surface area contributed by atoms with Gasteiger partial charge in [-0.25, -0.2) is 0 Å². The molecular formula is C16H27N3S. The monoisotopic (exact) mass is 293 g/mol. The maximum absolute atomic E-state index is 4.50. The largest absolute Gasteiger partial charge is 0.320 e. The zero-order valence-electron chi connectivity index (χ0n) is 12.6. The molecular weight excluding hydrogens is 266 g/mol. The van der Waals surface area contributed by atoms with Crippen LogP contribution in [-0.2, 0) is 6.42 Å². The lowest BCUT2D eigenvalue weighted by Gasteiger charge is -2.38. The second kappa shape index (κ2) is 6.99. The molecule has 0 spiro atoms. The minimum atomic E-state index is 0.713. The van der Waals surface area contributed by atoms with Crippen LogP contribution in [0.4, 0.5) is 0 Å². The SMILES string of the molecule is CNCCCc1nnc(C2CCC3CCCCC3C2)s1. The van der Waals surface area contributed by atoms with E-state index in [-0.39, 0.29) is 0 Å². The van der Waals surface area contributed by atoms with Crippen molar-refractivity contribution in [2.45, 2.75) is 63.7 Å². The highest BCUT2D eigenvalue weighted by Crippen LogP contribution is 2.46. The van der Waals surface area contributed by atoms with Gasteiger partial charge in [-0.3, -0.25) is 0 Å². The molecule has 0 bridgehead atoms. The van der Waals surface area contributed by atoms with E-state index in [2.05, 4.69) is 15.5 Å². The van der Waals surface area contributed by atoms with Crippen LogP contribution in [0.25, 0.3) is 0 Å². The van der Waals surface area contributed by atoms with Gasteiger partial charge in [0.25, 0.3) is 0 Å². The van der Waals surface area contributed by atoms with Crippen LogP contribution in [0.3, 0.4) is 0 Å². The molecule has 1 heterocycles. The first-order valence-electron chi connectivity index (χ1n) is 8.33. The van der Waals surface area contributed by atoms with Gasteiger partial charge in [0.05, 0.1) is 0 Å². The van der Waals surface area contributed by atoms with Gasteiger partial charge in [-0.05, 0) is 51.1 Å². The molecule has 1 aromatic rings. The van der Waals surface area contributed by atoms with E-state index in [1.54, 1.807) is 0 Å². The van der Waals surface area contributed by atoms with Gasteiger partial charge in [0, 0.05) is 12.3 Å². The molecule has 2 aliphatic carbocycles. The third kappa shape index (κ3) is 3.40. The van der Waals surface area contributed by atoms with Crippen molar-refractivity contribution in [2.75, 3.05) is 13.6 Å². The first kappa shape index (κ1) is 14.5. The van der Waals surface area contributed by atoms with Gasteiger partial charge in [-0.15, -0.1) is 21.5 Å². The van der Waals surface area contributed by atoms with Crippen molar-refractivity contribution in [3.8, 4) is 0 Å². The molecule has 2 fully saturated rings. The van der Waals surface area contributed by atoms with Gasteiger partial charge in [0.15, 0.2) is 0 Å². The van der Waals surface area contributed by atoms with Crippen LogP contribution in [0.5, 0.6) is 0 Å². The average Bonchev–Trinajstić information content (AvgIpc) is 2.96. The molecule has 2 saturated carbocycles. The number of aromatic nitrogens is 2. The minimum absolute atomic E-state index is 0.713. The summed E-state index contributed by atoms with van der Waals surface area (Å²) in [6.45, 7) is 1.07. The molecule has 112 valence electrons. The number of hydrogen-bond donors (Lipinski definition) is 1. The standard InChI is InChI=1S/C16H27N3S/c1-17-10-4-7-15-18-19-16(20-15)14-9-8-12-5-2-3-6-13(12)11-14/h12-14,17H,2-11H2,1H3. The van der Waals surface area contributed by atoms with Gasteiger partial charge >= 0.3 is 0 Å². The number of rotatable bonds is 5. The predicted octanol–water partition coefficient (Wildman–Crippen LogP) is 3.76. The zero-order valence-corrected chi connectivity index (χ0v) is 13.4. The van der Waals surface area contributed by atoms with Crippen molar-refractivity contribution in [3.63, 3.8) is 0 Å². The van der Waals surface area contributed by atoms with Crippen LogP contribution in [0, 0.1) is 11.8 Å². The lowest BCUT2D eigenvalue weighted by atomic mass is 9.68. The first-order valence-corrected chi connectivity index (χ1v) is 9.15. The lowest BCUT2D eigenvalue weighted by Crippen LogP contribution is -2.26. The molecule has 0 aromatic carbocycles. The van der Waals surface area contributed by atoms with Crippen molar-refractivity contribution in [3.05, 3.63) is 10.0 Å². The predicted molar refractivity (Wildman–Crippen MR) is 84.2 cm³/mol. The Morgan fingerprint density at radius 2 is 1.95 bits per heavy atom. The Morgan fingerprint density at radius 1 is 1.10 bits per heavy atom. The van der Waals surface area contributed by atoms with Crippen LogP contribution >= 0.6 is 11.3 Å². The number of aryl methyl sites for hydroxylation is 1. The number of nitrogens with zero attached hydrogens (tertiary/aromatic N) is 2. The fraction of sp³-hybridized carbons (Fsp3) is 0.875. The Morgan fingerprint density at radius 3 is 2.80 bits per heavy atom. The number of nitrogens with one attached hydrogen (secondary N) is 1. The Hall–Kier alpha value is -0.480. The smallest absolute Gasteiger partial charge is 0.120 e. The number of fused-ring (bicyclic) bond motifs is 1. The Balaban J connectivity index is 1.56. The normalized spacial score (nSPS) is 30.1. The molecule has 3 atom stereocenters. The van der Waals surface area contributed by atoms with E-state index < -0.39 is 0 Å². The Labute approximate surface area is 126 Å². The summed E-state index contributed by atoms with van der Waals surface area (Å²) in [6, 6.07) is 0. The fourth-order valence-electron chi connectivity index (χ4n) is 4.05. The summed E-state index contributed by atoms with van der Waals surface area (Å²) >= 11 is 1.88. The molecule has 2 aliphatic rings. The van der Waals surface area contributed by atoms with Gasteiger partial charge in [-0.1, -0.05) is 25.7 Å². The van der Waals surface area contributed by atoms with Crippen molar-refractivity contribution in [2.24, 2.45) is 11.8 Å². The summed E-state index contributed by atoms with van der Waals surface area (Å²) in [5, 5.41) is 14.7. The summed E-state index contributed by atoms with van der Waals surface area (Å²) in [5.41, 5.74) is 0. The quantitative estimate of drug-likeness (QED) is 0.840. The topological polar surface area (TPSA) is 37.8 Å². The summed E-state index contributed by atoms with van der Waals surface area (Å²) in [6.07, 6.45) is 12.3. The van der Waals surface area contributed by atoms with Crippen molar-refractivity contribution < 1.29 is 0 Å². The molecule has 3 rings (SSSR count). The lowest BCUT2D eigenvalue weighted by molar-refractivity contribution is 0.155. The first-order chi connectivity index (χ1) is 9.86. The van der Waals surface area contributed by atoms with Crippen LogP contribution in [0.15, 0.2) is 0 Å². The van der Waals surface area contributed by atoms with E-state index in [9.17, 15) is 0 Å². The van der Waals surface area contributed by atoms with Crippen molar-refractivity contribution >= 4 is 11.3 Å². The molecule has 4 heteroatoms. The molecule has 1 aromatic heterocycles. The van der Waals surface area contributed by atoms with E-state index >= 15 is 0 Å². The molecule has 20 heavy (non-hydrogen) atoms. The molecule has 0 amide bonds. The summed E-state index contributed by atoms with van der Waals surface area (Å²) in [7, 11) is 2.01. The van der Waals surface area contributed by atoms with Crippen molar-refractivity contribution in [1.82, 2.24) is 15.5 Å². The van der Waals surface area contributed by atoms with Gasteiger partial charge in [0.2, 0.25) is 0 Å². The highest BCUT2D eigenvalue weighted by Gasteiger charge is 2.33. The third-order valence-corrected chi connectivity index (χ3v) is 6.33. The highest BCUT2D eigenvalue weighted by molar-refractivity contribution is 7.11. The molecule has 0 radical (unpaired) electrons. The van der Waals surface area contributed by atoms with E-state index in [0.717, 1.165) is 24.8 Å². The van der Waals surface area contributed by atoms with E-state index in [1.807, 2.05) is 18.4 Å². The number of hydrogen-bond acceptors (Lipinski definition) is 4. The van der Waals surface area contributed by atoms with Crippen LogP contribution < -0.4 is 5.32 Å². The van der Waals surface area contributed by atoms with E-state index in [0.29, 0.717) is 5.92 Å². The highest BCUT2D eigenvalue weighted by atomic mass is 32.1. The Bertz CT molecular complexity index is 418.